The summed E-state index contributed by atoms with van der Waals surface area (Å²) in [6.07, 6.45) is 7.61. The van der Waals surface area contributed by atoms with E-state index in [9.17, 15) is 4.79 Å². The maximum Gasteiger partial charge on any atom is 0.274 e. The van der Waals surface area contributed by atoms with Gasteiger partial charge < -0.3 is 9.88 Å². The van der Waals surface area contributed by atoms with Gasteiger partial charge in [0.05, 0.1) is 0 Å². The van der Waals surface area contributed by atoms with Gasteiger partial charge in [-0.2, -0.15) is 0 Å². The lowest BCUT2D eigenvalue weighted by Gasteiger charge is -2.33. The summed E-state index contributed by atoms with van der Waals surface area (Å²) in [6, 6.07) is 9.85. The van der Waals surface area contributed by atoms with Crippen molar-refractivity contribution in [1.29, 1.82) is 0 Å². The Kier molecular flexibility index (Phi) is 4.81. The van der Waals surface area contributed by atoms with Gasteiger partial charge in [-0.05, 0) is 62.3 Å². The molecular weight excluding hydrogens is 376 g/mol. The zero-order chi connectivity index (χ0) is 20.7. The molecule has 1 atom stereocenters. The number of aromatic nitrogens is 5. The Morgan fingerprint density at radius 2 is 2.00 bits per heavy atom. The number of carbonyl (C=O) groups excluding carboxylic acids is 1. The van der Waals surface area contributed by atoms with Crippen LogP contribution in [0.4, 0.5) is 5.69 Å². The molecule has 7 heteroatoms. The van der Waals surface area contributed by atoms with Crippen molar-refractivity contribution in [2.75, 3.05) is 5.32 Å². The fourth-order valence-corrected chi connectivity index (χ4v) is 4.22. The minimum Gasteiger partial charge on any atom is -0.321 e. The van der Waals surface area contributed by atoms with Gasteiger partial charge in [-0.1, -0.05) is 18.6 Å². The molecule has 0 unspecified atom stereocenters. The monoisotopic (exact) mass is 402 g/mol. The molecule has 2 aromatic heterocycles. The molecule has 7 nitrogen and oxygen atoms in total. The molecule has 1 amide bonds. The number of benzene rings is 1. The van der Waals surface area contributed by atoms with Gasteiger partial charge in [-0.25, -0.2) is 9.97 Å². The Morgan fingerprint density at radius 1 is 1.17 bits per heavy atom. The summed E-state index contributed by atoms with van der Waals surface area (Å²) in [5, 5.41) is 11.5. The number of hydrogen-bond donors (Lipinski definition) is 1. The highest BCUT2D eigenvalue weighted by atomic mass is 16.1. The number of carbonyl (C=O) groups is 1. The van der Waals surface area contributed by atoms with Crippen LogP contribution in [0, 0.1) is 12.8 Å². The van der Waals surface area contributed by atoms with Crippen LogP contribution in [0.1, 0.15) is 77.3 Å². The van der Waals surface area contributed by atoms with E-state index in [1.54, 1.807) is 12.4 Å². The second kappa shape index (κ2) is 7.63. The first-order valence-electron chi connectivity index (χ1n) is 10.7. The molecule has 0 saturated heterocycles. The second-order valence-corrected chi connectivity index (χ2v) is 8.58. The van der Waals surface area contributed by atoms with Crippen LogP contribution in [0.5, 0.6) is 0 Å². The molecule has 0 spiro atoms. The van der Waals surface area contributed by atoms with Gasteiger partial charge in [0.1, 0.15) is 23.7 Å². The predicted octanol–water partition coefficient (Wildman–Crippen LogP) is 3.98. The van der Waals surface area contributed by atoms with Crippen molar-refractivity contribution < 1.29 is 4.79 Å². The van der Waals surface area contributed by atoms with E-state index in [-0.39, 0.29) is 11.8 Å². The minimum absolute atomic E-state index is 0.186. The molecule has 1 aromatic carbocycles. The van der Waals surface area contributed by atoms with Crippen molar-refractivity contribution in [1.82, 2.24) is 24.7 Å². The van der Waals surface area contributed by atoms with Crippen LogP contribution in [0.15, 0.2) is 36.7 Å². The van der Waals surface area contributed by atoms with Crippen LogP contribution in [-0.4, -0.2) is 30.6 Å². The Labute approximate surface area is 176 Å². The molecule has 30 heavy (non-hydrogen) atoms. The topological polar surface area (TPSA) is 85.6 Å². The van der Waals surface area contributed by atoms with E-state index in [4.69, 9.17) is 0 Å². The quantitative estimate of drug-likeness (QED) is 0.674. The molecule has 2 aliphatic rings. The Balaban J connectivity index is 1.41. The van der Waals surface area contributed by atoms with Gasteiger partial charge in [0.2, 0.25) is 0 Å². The maximum absolute atomic E-state index is 12.9. The van der Waals surface area contributed by atoms with Gasteiger partial charge in [-0.15, -0.1) is 10.2 Å². The summed E-state index contributed by atoms with van der Waals surface area (Å²) in [6.45, 7) is 1.91. The molecule has 5 rings (SSSR count). The number of anilines is 1. The number of aryl methyl sites for hydroxylation is 2. The number of rotatable bonds is 6. The first kappa shape index (κ1) is 18.9. The normalized spacial score (nSPS) is 17.4. The van der Waals surface area contributed by atoms with Gasteiger partial charge in [0.25, 0.3) is 5.91 Å². The molecule has 3 aromatic rings. The zero-order valence-electron chi connectivity index (χ0n) is 17.4. The van der Waals surface area contributed by atoms with E-state index in [1.165, 1.54) is 19.3 Å². The summed E-state index contributed by atoms with van der Waals surface area (Å²) in [7, 11) is 1.99. The maximum atomic E-state index is 12.9. The summed E-state index contributed by atoms with van der Waals surface area (Å²) in [5.74, 6) is 2.73. The molecule has 0 bridgehead atoms. The Hall–Kier alpha value is -3.09. The van der Waals surface area contributed by atoms with E-state index >= 15 is 0 Å². The number of nitrogens with zero attached hydrogens (tertiary/aromatic N) is 5. The summed E-state index contributed by atoms with van der Waals surface area (Å²) in [5.41, 5.74) is 3.19. The fourth-order valence-electron chi connectivity index (χ4n) is 4.22. The molecule has 2 aliphatic carbocycles. The summed E-state index contributed by atoms with van der Waals surface area (Å²) >= 11 is 0. The van der Waals surface area contributed by atoms with Crippen LogP contribution >= 0.6 is 0 Å². The third-order valence-corrected chi connectivity index (χ3v) is 6.20. The number of amides is 1. The molecular formula is C23H26N6O. The lowest BCUT2D eigenvalue weighted by molar-refractivity contribution is 0.102. The highest BCUT2D eigenvalue weighted by Gasteiger charge is 2.33. The fraction of sp³-hybridized carbons (Fsp3) is 0.435. The van der Waals surface area contributed by atoms with Crippen LogP contribution in [0.3, 0.4) is 0 Å². The molecule has 2 saturated carbocycles. The third-order valence-electron chi connectivity index (χ3n) is 6.20. The Morgan fingerprint density at radius 3 is 2.67 bits per heavy atom. The molecule has 0 radical (unpaired) electrons. The molecule has 2 heterocycles. The van der Waals surface area contributed by atoms with Gasteiger partial charge in [-0.3, -0.25) is 4.79 Å². The van der Waals surface area contributed by atoms with Crippen molar-refractivity contribution in [3.63, 3.8) is 0 Å². The third kappa shape index (κ3) is 3.72. The highest BCUT2D eigenvalue weighted by Crippen LogP contribution is 2.43. The summed E-state index contributed by atoms with van der Waals surface area (Å²) in [4.78, 5) is 21.9. The van der Waals surface area contributed by atoms with Gasteiger partial charge in [0, 0.05) is 30.3 Å². The van der Waals surface area contributed by atoms with Crippen molar-refractivity contribution in [3.8, 4) is 0 Å². The zero-order valence-corrected chi connectivity index (χ0v) is 17.4. The predicted molar refractivity (Wildman–Crippen MR) is 113 cm³/mol. The van der Waals surface area contributed by atoms with Crippen LogP contribution in [-0.2, 0) is 7.05 Å². The first-order chi connectivity index (χ1) is 14.6. The molecule has 1 N–H and O–H groups in total. The van der Waals surface area contributed by atoms with E-state index < -0.39 is 0 Å². The average Bonchev–Trinajstić information content (AvgIpc) is 3.46. The van der Waals surface area contributed by atoms with E-state index in [1.807, 2.05) is 30.7 Å². The standard InChI is InChI=1S/C23H26N6O/c1-14-11-19(27-21(25-14)16-9-10-16)23(30)26-18-8-4-7-17(12-18)20(15-5-3-6-15)22-28-24-13-29(22)2/h4,7-8,11-13,15-16,20H,3,5-6,9-10H2,1-2H3,(H,26,30)/t20-/m0/s1. The van der Waals surface area contributed by atoms with Gasteiger partial charge in [0.15, 0.2) is 0 Å². The van der Waals surface area contributed by atoms with Crippen LogP contribution in [0.25, 0.3) is 0 Å². The second-order valence-electron chi connectivity index (χ2n) is 8.58. The van der Waals surface area contributed by atoms with Crippen LogP contribution in [0.2, 0.25) is 0 Å². The Bertz CT molecular complexity index is 1080. The number of nitrogens with one attached hydrogen (secondary N) is 1. The van der Waals surface area contributed by atoms with E-state index in [2.05, 4.69) is 37.6 Å². The van der Waals surface area contributed by atoms with Gasteiger partial charge >= 0.3 is 0 Å². The smallest absolute Gasteiger partial charge is 0.274 e. The molecule has 2 fully saturated rings. The minimum atomic E-state index is -0.196. The molecule has 0 aliphatic heterocycles. The molecule has 154 valence electrons. The van der Waals surface area contributed by atoms with Crippen molar-refractivity contribution >= 4 is 11.6 Å². The van der Waals surface area contributed by atoms with Crippen molar-refractivity contribution in [2.45, 2.75) is 50.9 Å². The van der Waals surface area contributed by atoms with Crippen molar-refractivity contribution in [3.05, 3.63) is 65.3 Å². The lowest BCUT2D eigenvalue weighted by Crippen LogP contribution is -2.24. The van der Waals surface area contributed by atoms with E-state index in [0.29, 0.717) is 17.5 Å². The summed E-state index contributed by atoms with van der Waals surface area (Å²) < 4.78 is 2.00. The van der Waals surface area contributed by atoms with Crippen LogP contribution < -0.4 is 5.32 Å². The number of hydrogen-bond acceptors (Lipinski definition) is 5. The SMILES string of the molecule is Cc1cc(C(=O)Nc2cccc([C@@H](c3nncn3C)C3CCC3)c2)nc(C2CC2)n1. The lowest BCUT2D eigenvalue weighted by atomic mass is 9.72. The highest BCUT2D eigenvalue weighted by molar-refractivity contribution is 6.03. The average molecular weight is 403 g/mol. The van der Waals surface area contributed by atoms with Crippen molar-refractivity contribution in [2.24, 2.45) is 13.0 Å². The van der Waals surface area contributed by atoms with E-state index in [0.717, 1.165) is 41.4 Å². The first-order valence-corrected chi connectivity index (χ1v) is 10.7. The largest absolute Gasteiger partial charge is 0.321 e.